The molecule has 0 unspecified atom stereocenters. The van der Waals surface area contributed by atoms with E-state index in [2.05, 4.69) is 0 Å². The van der Waals surface area contributed by atoms with Crippen LogP contribution in [0.1, 0.15) is 20.3 Å². The number of hydrogen-bond acceptors (Lipinski definition) is 6. The van der Waals surface area contributed by atoms with E-state index in [9.17, 15) is 9.59 Å². The van der Waals surface area contributed by atoms with Gasteiger partial charge in [-0.15, -0.1) is 0 Å². The summed E-state index contributed by atoms with van der Waals surface area (Å²) in [5.41, 5.74) is -0.0297. The van der Waals surface area contributed by atoms with Crippen molar-refractivity contribution in [2.45, 2.75) is 26.4 Å². The summed E-state index contributed by atoms with van der Waals surface area (Å²) in [6.45, 7) is 3.83. The third-order valence-corrected chi connectivity index (χ3v) is 4.28. The SMILES string of the molecule is CCOC(=O)[C@H](CC)Oc1ccc2c(=O)c(Oc3ccccc3Cl)coc2c1. The lowest BCUT2D eigenvalue weighted by molar-refractivity contribution is -0.151. The minimum absolute atomic E-state index is 0.0206. The molecule has 28 heavy (non-hydrogen) atoms. The maximum Gasteiger partial charge on any atom is 0.347 e. The molecule has 146 valence electrons. The second kappa shape index (κ2) is 8.80. The first-order valence-electron chi connectivity index (χ1n) is 8.84. The Morgan fingerprint density at radius 2 is 1.93 bits per heavy atom. The quantitative estimate of drug-likeness (QED) is 0.520. The summed E-state index contributed by atoms with van der Waals surface area (Å²) >= 11 is 6.06. The Morgan fingerprint density at radius 1 is 1.14 bits per heavy atom. The van der Waals surface area contributed by atoms with E-state index < -0.39 is 12.1 Å². The fourth-order valence-electron chi connectivity index (χ4n) is 2.58. The Hall–Kier alpha value is -2.99. The van der Waals surface area contributed by atoms with Gasteiger partial charge in [0.1, 0.15) is 23.3 Å². The molecular weight excluding hydrogens is 384 g/mol. The van der Waals surface area contributed by atoms with E-state index in [4.69, 9.17) is 30.2 Å². The van der Waals surface area contributed by atoms with Crippen molar-refractivity contribution in [1.82, 2.24) is 0 Å². The highest BCUT2D eigenvalue weighted by Crippen LogP contribution is 2.29. The molecule has 0 aliphatic heterocycles. The van der Waals surface area contributed by atoms with Gasteiger partial charge in [-0.25, -0.2) is 4.79 Å². The summed E-state index contributed by atoms with van der Waals surface area (Å²) in [5, 5.41) is 0.705. The Balaban J connectivity index is 1.87. The van der Waals surface area contributed by atoms with Crippen LogP contribution in [-0.2, 0) is 9.53 Å². The smallest absolute Gasteiger partial charge is 0.347 e. The zero-order valence-corrected chi connectivity index (χ0v) is 16.2. The van der Waals surface area contributed by atoms with Gasteiger partial charge in [-0.2, -0.15) is 0 Å². The van der Waals surface area contributed by atoms with Crippen LogP contribution in [0.25, 0.3) is 11.0 Å². The van der Waals surface area contributed by atoms with Crippen LogP contribution in [-0.4, -0.2) is 18.7 Å². The van der Waals surface area contributed by atoms with E-state index in [0.717, 1.165) is 0 Å². The molecule has 0 aliphatic rings. The maximum atomic E-state index is 12.7. The van der Waals surface area contributed by atoms with Crippen LogP contribution >= 0.6 is 11.6 Å². The molecule has 0 N–H and O–H groups in total. The van der Waals surface area contributed by atoms with E-state index in [-0.39, 0.29) is 17.8 Å². The van der Waals surface area contributed by atoms with Crippen molar-refractivity contribution in [3.05, 3.63) is 64.0 Å². The van der Waals surface area contributed by atoms with Crippen molar-refractivity contribution in [1.29, 1.82) is 0 Å². The first kappa shape index (κ1) is 19.8. The average molecular weight is 403 g/mol. The summed E-state index contributed by atoms with van der Waals surface area (Å²) in [6, 6.07) is 11.5. The minimum atomic E-state index is -0.730. The Morgan fingerprint density at radius 3 is 2.64 bits per heavy atom. The van der Waals surface area contributed by atoms with Gasteiger partial charge < -0.3 is 18.6 Å². The predicted octanol–water partition coefficient (Wildman–Crippen LogP) is 4.96. The molecule has 7 heteroatoms. The number of ether oxygens (including phenoxy) is 3. The first-order chi connectivity index (χ1) is 13.5. The fourth-order valence-corrected chi connectivity index (χ4v) is 2.75. The molecule has 2 aromatic carbocycles. The number of carbonyl (C=O) groups excluding carboxylic acids is 1. The molecule has 0 radical (unpaired) electrons. The third kappa shape index (κ3) is 4.28. The van der Waals surface area contributed by atoms with Crippen molar-refractivity contribution in [3.8, 4) is 17.2 Å². The van der Waals surface area contributed by atoms with Crippen molar-refractivity contribution in [3.63, 3.8) is 0 Å². The summed E-state index contributed by atoms with van der Waals surface area (Å²) < 4.78 is 21.8. The van der Waals surface area contributed by atoms with E-state index >= 15 is 0 Å². The van der Waals surface area contributed by atoms with Gasteiger partial charge >= 0.3 is 5.97 Å². The summed E-state index contributed by atoms with van der Waals surface area (Å²) in [7, 11) is 0. The van der Waals surface area contributed by atoms with Gasteiger partial charge in [-0.05, 0) is 37.6 Å². The van der Waals surface area contributed by atoms with E-state index in [1.165, 1.54) is 6.26 Å². The van der Waals surface area contributed by atoms with Crippen LogP contribution in [0.5, 0.6) is 17.2 Å². The molecule has 6 nitrogen and oxygen atoms in total. The second-order valence-corrected chi connectivity index (χ2v) is 6.29. The number of rotatable bonds is 7. The average Bonchev–Trinajstić information content (AvgIpc) is 2.70. The van der Waals surface area contributed by atoms with Gasteiger partial charge in [-0.1, -0.05) is 30.7 Å². The molecule has 3 aromatic rings. The van der Waals surface area contributed by atoms with E-state index in [0.29, 0.717) is 33.9 Å². The summed E-state index contributed by atoms with van der Waals surface area (Å²) in [5.74, 6) is 0.341. The molecule has 3 rings (SSSR count). The number of carbonyl (C=O) groups is 1. The largest absolute Gasteiger partial charge is 0.479 e. The van der Waals surface area contributed by atoms with Crippen LogP contribution in [0, 0.1) is 0 Å². The number of halogens is 1. The number of para-hydroxylation sites is 1. The number of benzene rings is 2. The van der Waals surface area contributed by atoms with Crippen LogP contribution < -0.4 is 14.9 Å². The maximum absolute atomic E-state index is 12.7. The fraction of sp³-hybridized carbons (Fsp3) is 0.238. The Labute approximate surface area is 166 Å². The minimum Gasteiger partial charge on any atom is -0.479 e. The zero-order chi connectivity index (χ0) is 20.1. The highest BCUT2D eigenvalue weighted by Gasteiger charge is 2.20. The second-order valence-electron chi connectivity index (χ2n) is 5.89. The number of esters is 1. The third-order valence-electron chi connectivity index (χ3n) is 3.97. The molecule has 0 fully saturated rings. The van der Waals surface area contributed by atoms with Crippen molar-refractivity contribution >= 4 is 28.5 Å². The van der Waals surface area contributed by atoms with Gasteiger partial charge in [0.25, 0.3) is 0 Å². The van der Waals surface area contributed by atoms with Gasteiger partial charge in [0.15, 0.2) is 6.10 Å². The molecular formula is C21H19ClO6. The predicted molar refractivity (Wildman–Crippen MR) is 105 cm³/mol. The van der Waals surface area contributed by atoms with Crippen LogP contribution in [0.4, 0.5) is 0 Å². The summed E-state index contributed by atoms with van der Waals surface area (Å²) in [4.78, 5) is 24.6. The van der Waals surface area contributed by atoms with E-state index in [1.807, 2.05) is 6.92 Å². The standard InChI is InChI=1S/C21H19ClO6/c1-3-16(21(24)25-4-2)27-13-9-10-14-18(11-13)26-12-19(20(14)23)28-17-8-6-5-7-15(17)22/h5-12,16H,3-4H2,1-2H3/t16-/m0/s1. The van der Waals surface area contributed by atoms with Gasteiger partial charge in [0.05, 0.1) is 17.0 Å². The lowest BCUT2D eigenvalue weighted by Gasteiger charge is -2.16. The molecule has 0 amide bonds. The molecule has 0 aliphatic carbocycles. The topological polar surface area (TPSA) is 75.0 Å². The highest BCUT2D eigenvalue weighted by atomic mass is 35.5. The zero-order valence-electron chi connectivity index (χ0n) is 15.4. The van der Waals surface area contributed by atoms with Gasteiger partial charge in [0.2, 0.25) is 11.2 Å². The summed E-state index contributed by atoms with van der Waals surface area (Å²) in [6.07, 6.45) is 0.943. The van der Waals surface area contributed by atoms with Crippen molar-refractivity contribution < 1.29 is 23.4 Å². The Bertz CT molecular complexity index is 1040. The molecule has 1 aromatic heterocycles. The molecule has 1 heterocycles. The molecule has 0 spiro atoms. The highest BCUT2D eigenvalue weighted by molar-refractivity contribution is 6.32. The monoisotopic (exact) mass is 402 g/mol. The first-order valence-corrected chi connectivity index (χ1v) is 9.22. The normalized spacial score (nSPS) is 11.8. The van der Waals surface area contributed by atoms with Gasteiger partial charge in [-0.3, -0.25) is 4.79 Å². The molecule has 0 saturated carbocycles. The van der Waals surface area contributed by atoms with Crippen LogP contribution in [0.2, 0.25) is 5.02 Å². The number of fused-ring (bicyclic) bond motifs is 1. The Kier molecular flexibility index (Phi) is 6.21. The molecule has 0 bridgehead atoms. The lowest BCUT2D eigenvalue weighted by atomic mass is 10.2. The van der Waals surface area contributed by atoms with Gasteiger partial charge in [0, 0.05) is 6.07 Å². The van der Waals surface area contributed by atoms with Crippen LogP contribution in [0.3, 0.4) is 0 Å². The molecule has 0 saturated heterocycles. The van der Waals surface area contributed by atoms with Crippen molar-refractivity contribution in [2.75, 3.05) is 6.61 Å². The van der Waals surface area contributed by atoms with Crippen molar-refractivity contribution in [2.24, 2.45) is 0 Å². The molecule has 1 atom stereocenters. The lowest BCUT2D eigenvalue weighted by Crippen LogP contribution is -2.28. The van der Waals surface area contributed by atoms with E-state index in [1.54, 1.807) is 49.4 Å². The van der Waals surface area contributed by atoms with Crippen LogP contribution in [0.15, 0.2) is 57.9 Å². The number of hydrogen-bond donors (Lipinski definition) is 0.